The lowest BCUT2D eigenvalue weighted by Gasteiger charge is -2.59. The van der Waals surface area contributed by atoms with Gasteiger partial charge in [0, 0.05) is 14.2 Å². The van der Waals surface area contributed by atoms with Gasteiger partial charge in [0.05, 0.1) is 31.5 Å². The normalized spacial score (nSPS) is 48.7. The maximum absolute atomic E-state index is 12.0. The van der Waals surface area contributed by atoms with Crippen LogP contribution in [0.5, 0.6) is 0 Å². The summed E-state index contributed by atoms with van der Waals surface area (Å²) < 4.78 is 35.7. The van der Waals surface area contributed by atoms with Gasteiger partial charge in [0.1, 0.15) is 54.9 Å². The molecule has 0 aromatic heterocycles. The van der Waals surface area contributed by atoms with Crippen molar-refractivity contribution in [1.29, 1.82) is 0 Å². The lowest BCUT2D eigenvalue weighted by molar-refractivity contribution is -0.365. The van der Waals surface area contributed by atoms with Gasteiger partial charge in [0.15, 0.2) is 12.6 Å². The number of fused-ring (bicyclic) bond motifs is 4. The van der Waals surface area contributed by atoms with Crippen LogP contribution in [0.4, 0.5) is 0 Å². The first-order chi connectivity index (χ1) is 26.9. The molecule has 0 aromatic rings. The van der Waals surface area contributed by atoms with Crippen molar-refractivity contribution < 1.29 is 69.3 Å². The fourth-order valence-corrected chi connectivity index (χ4v) is 12.5. The van der Waals surface area contributed by atoms with E-state index in [0.717, 1.165) is 49.7 Å². The molecule has 0 amide bonds. The minimum atomic E-state index is -1.70. The van der Waals surface area contributed by atoms with Gasteiger partial charge in [-0.1, -0.05) is 60.0 Å². The number of hydrogen-bond acceptors (Lipinski definition) is 14. The number of hydrogen-bond donors (Lipinski definition) is 8. The fourth-order valence-electron chi connectivity index (χ4n) is 12.5. The molecule has 21 atom stereocenters. The fraction of sp³-hybridized carbons (Fsp3) is 0.953. The van der Waals surface area contributed by atoms with Crippen molar-refractivity contribution in [2.75, 3.05) is 27.4 Å². The van der Waals surface area contributed by atoms with E-state index in [4.69, 9.17) is 28.4 Å². The zero-order valence-corrected chi connectivity index (χ0v) is 35.4. The Labute approximate surface area is 338 Å². The van der Waals surface area contributed by atoms with Crippen LogP contribution in [0.2, 0.25) is 0 Å². The second-order valence-corrected chi connectivity index (χ2v) is 19.3. The van der Waals surface area contributed by atoms with Crippen molar-refractivity contribution >= 4 is 0 Å². The highest BCUT2D eigenvalue weighted by Crippen LogP contribution is 2.66. The molecular formula is C43H74O14. The maximum atomic E-state index is 12.0. The largest absolute Gasteiger partial charge is 0.393 e. The summed E-state index contributed by atoms with van der Waals surface area (Å²) in [6, 6.07) is 0. The van der Waals surface area contributed by atoms with Crippen LogP contribution in [0.3, 0.4) is 0 Å². The van der Waals surface area contributed by atoms with Crippen molar-refractivity contribution in [2.24, 2.45) is 46.3 Å². The first-order valence-corrected chi connectivity index (χ1v) is 21.7. The van der Waals surface area contributed by atoms with Gasteiger partial charge in [-0.3, -0.25) is 0 Å². The van der Waals surface area contributed by atoms with Crippen LogP contribution in [-0.2, 0) is 28.4 Å². The molecule has 2 saturated heterocycles. The van der Waals surface area contributed by atoms with E-state index in [0.29, 0.717) is 31.1 Å². The predicted octanol–water partition coefficient (Wildman–Crippen LogP) is 2.04. The van der Waals surface area contributed by atoms with Gasteiger partial charge < -0.3 is 69.3 Å². The molecule has 330 valence electrons. The van der Waals surface area contributed by atoms with Crippen LogP contribution in [0, 0.1) is 46.3 Å². The van der Waals surface area contributed by atoms with Gasteiger partial charge >= 0.3 is 0 Å². The number of methoxy groups -OCH3 is 2. The summed E-state index contributed by atoms with van der Waals surface area (Å²) in [5.74, 6) is 1.05. The Bertz CT molecular complexity index is 1360. The summed E-state index contributed by atoms with van der Waals surface area (Å²) in [5.41, 5.74) is 1.36. The van der Waals surface area contributed by atoms with Crippen molar-refractivity contribution in [3.05, 3.63) is 11.1 Å². The molecule has 0 aromatic carbocycles. The first kappa shape index (κ1) is 45.7. The first-order valence-electron chi connectivity index (χ1n) is 21.7. The molecule has 4 aliphatic carbocycles. The van der Waals surface area contributed by atoms with Crippen molar-refractivity contribution in [2.45, 2.75) is 185 Å². The molecule has 2 heterocycles. The van der Waals surface area contributed by atoms with Crippen LogP contribution in [0.1, 0.15) is 99.3 Å². The zero-order valence-electron chi connectivity index (χ0n) is 35.4. The van der Waals surface area contributed by atoms with Crippen molar-refractivity contribution in [3.63, 3.8) is 0 Å². The van der Waals surface area contributed by atoms with Gasteiger partial charge in [-0.2, -0.15) is 0 Å². The van der Waals surface area contributed by atoms with Crippen LogP contribution in [0.15, 0.2) is 11.1 Å². The molecule has 0 unspecified atom stereocenters. The van der Waals surface area contributed by atoms with E-state index in [2.05, 4.69) is 41.5 Å². The second kappa shape index (κ2) is 18.3. The molecule has 3 saturated carbocycles. The molecule has 6 aliphatic rings. The molecule has 5 fully saturated rings. The zero-order chi connectivity index (χ0) is 41.7. The number of aliphatic hydroxyl groups excluding tert-OH is 8. The third-order valence-corrected chi connectivity index (χ3v) is 15.8. The summed E-state index contributed by atoms with van der Waals surface area (Å²) in [4.78, 5) is 0. The lowest BCUT2D eigenvalue weighted by atomic mass is 9.47. The number of ether oxygens (including phenoxy) is 6. The summed E-state index contributed by atoms with van der Waals surface area (Å²) in [6.07, 6.45) is -10.1. The smallest absolute Gasteiger partial charge is 0.187 e. The Kier molecular flexibility index (Phi) is 14.6. The van der Waals surface area contributed by atoms with Crippen LogP contribution in [0.25, 0.3) is 0 Å². The molecule has 14 heteroatoms. The molecular weight excluding hydrogens is 740 g/mol. The number of rotatable bonds is 14. The monoisotopic (exact) mass is 815 g/mol. The minimum absolute atomic E-state index is 0.0462. The van der Waals surface area contributed by atoms with Gasteiger partial charge in [0.25, 0.3) is 0 Å². The second-order valence-electron chi connectivity index (χ2n) is 19.3. The number of aliphatic hydroxyl groups is 8. The van der Waals surface area contributed by atoms with E-state index in [9.17, 15) is 40.9 Å². The maximum Gasteiger partial charge on any atom is 0.187 e. The Balaban J connectivity index is 1.34. The summed E-state index contributed by atoms with van der Waals surface area (Å²) >= 11 is 0. The van der Waals surface area contributed by atoms with Gasteiger partial charge in [-0.15, -0.1) is 0 Å². The van der Waals surface area contributed by atoms with Crippen molar-refractivity contribution in [3.8, 4) is 0 Å². The Hall–Kier alpha value is -0.820. The minimum Gasteiger partial charge on any atom is -0.393 e. The van der Waals surface area contributed by atoms with Gasteiger partial charge in [0.2, 0.25) is 0 Å². The molecule has 8 N–H and O–H groups in total. The quantitative estimate of drug-likeness (QED) is 0.118. The summed E-state index contributed by atoms with van der Waals surface area (Å²) in [7, 11) is 2.86. The SMILES string of the molecule is CC[C@@H](CC[C@@H](C)[C@H]1[C@H](O[C@@H]2O[C@H](COC)[C@H](O)[C@H](O[C@@H]3O[C@H](COC)[C@H](O)[C@H](O)[C@H]3O)[C@H]2O)CC2=C3[C@@H](O)[C@@H](O)[C@H]4C[C@H](O)CC[C@]4(C)[C@H]3CC[C@@]21C)C(C)C. The molecule has 0 radical (unpaired) electrons. The van der Waals surface area contributed by atoms with Crippen molar-refractivity contribution in [1.82, 2.24) is 0 Å². The van der Waals surface area contributed by atoms with E-state index in [1.165, 1.54) is 14.2 Å². The van der Waals surface area contributed by atoms with Crippen LogP contribution in [-0.4, -0.2) is 154 Å². The average Bonchev–Trinajstić information content (AvgIpc) is 3.47. The van der Waals surface area contributed by atoms with Crippen LogP contribution >= 0.6 is 0 Å². The third-order valence-electron chi connectivity index (χ3n) is 15.8. The molecule has 14 nitrogen and oxygen atoms in total. The Morgan fingerprint density at radius 3 is 1.98 bits per heavy atom. The highest BCUT2D eigenvalue weighted by atomic mass is 16.7. The van der Waals surface area contributed by atoms with E-state index >= 15 is 0 Å². The van der Waals surface area contributed by atoms with E-state index in [-0.39, 0.29) is 47.7 Å². The third kappa shape index (κ3) is 8.41. The van der Waals surface area contributed by atoms with Gasteiger partial charge in [-0.05, 0) is 96.9 Å². The van der Waals surface area contributed by atoms with E-state index < -0.39 is 85.8 Å². The topological polar surface area (TPSA) is 217 Å². The van der Waals surface area contributed by atoms with E-state index in [1.807, 2.05) is 0 Å². The highest BCUT2D eigenvalue weighted by Gasteiger charge is 2.63. The Morgan fingerprint density at radius 1 is 0.737 bits per heavy atom. The highest BCUT2D eigenvalue weighted by molar-refractivity contribution is 5.39. The molecule has 0 spiro atoms. The Morgan fingerprint density at radius 2 is 1.37 bits per heavy atom. The van der Waals surface area contributed by atoms with Gasteiger partial charge in [-0.25, -0.2) is 0 Å². The van der Waals surface area contributed by atoms with Crippen LogP contribution < -0.4 is 0 Å². The van der Waals surface area contributed by atoms with E-state index in [1.54, 1.807) is 0 Å². The standard InChI is InChI=1S/C43H74O14/c1-9-22(20(2)3)11-10-21(4)31-27(17-25-30-24(13-15-43(25,31)6)42(5)14-12-23(44)16-26(42)32(45)35(30)48)54-41-38(51)39(34(47)29(56-41)19-53-8)57-40-37(50)36(49)33(46)28(55-40)18-52-7/h20-24,26-29,31-41,44-51H,9-19H2,1-8H3/t21-,22+,23-,24+,26-,27-,28-,29-,31+,32+,33+,34+,35-,36+,37-,38-,39+,40+,41-,42-,43+/m1/s1. The molecule has 57 heavy (non-hydrogen) atoms. The average molecular weight is 815 g/mol. The predicted molar refractivity (Wildman–Crippen MR) is 207 cm³/mol. The molecule has 2 aliphatic heterocycles. The molecule has 6 rings (SSSR count). The molecule has 0 bridgehead atoms. The summed E-state index contributed by atoms with van der Waals surface area (Å²) in [5, 5.41) is 89.8. The summed E-state index contributed by atoms with van der Waals surface area (Å²) in [6.45, 7) is 13.4. The lowest BCUT2D eigenvalue weighted by Crippen LogP contribution is -2.65.